The predicted molar refractivity (Wildman–Crippen MR) is 70.5 cm³/mol. The van der Waals surface area contributed by atoms with Gasteiger partial charge in [-0.3, -0.25) is 4.79 Å². The van der Waals surface area contributed by atoms with Gasteiger partial charge in [0.05, 0.1) is 5.41 Å². The third-order valence-electron chi connectivity index (χ3n) is 4.90. The summed E-state index contributed by atoms with van der Waals surface area (Å²) in [5, 5.41) is 9.49. The average molecular weight is 242 g/mol. The molecule has 18 heavy (non-hydrogen) atoms. The van der Waals surface area contributed by atoms with E-state index in [1.807, 2.05) is 13.0 Å². The van der Waals surface area contributed by atoms with E-state index in [1.54, 1.807) is 0 Å². The predicted octanol–water partition coefficient (Wildman–Crippen LogP) is 3.30. The summed E-state index contributed by atoms with van der Waals surface area (Å²) in [6.45, 7) is 4.01. The van der Waals surface area contributed by atoms with Crippen LogP contribution in [0.3, 0.4) is 0 Å². The van der Waals surface area contributed by atoms with E-state index in [2.05, 4.69) is 37.3 Å². The highest BCUT2D eigenvalue weighted by molar-refractivity contribution is 5.77. The summed E-state index contributed by atoms with van der Waals surface area (Å²) in [6, 6.07) is 8.35. The minimum Gasteiger partial charge on any atom is -0.481 e. The van der Waals surface area contributed by atoms with Gasteiger partial charge < -0.3 is 5.11 Å². The van der Waals surface area contributed by atoms with Crippen LogP contribution >= 0.6 is 0 Å². The number of rotatable bonds is 2. The maximum absolute atomic E-state index is 11.5. The minimum atomic E-state index is -0.660. The third kappa shape index (κ3) is 1.32. The molecule has 1 aromatic carbocycles. The summed E-state index contributed by atoms with van der Waals surface area (Å²) < 4.78 is 0. The largest absolute Gasteiger partial charge is 0.481 e. The molecule has 2 aliphatic rings. The van der Waals surface area contributed by atoms with Crippen LogP contribution in [0.25, 0.3) is 0 Å². The first kappa shape index (κ1) is 11.5. The van der Waals surface area contributed by atoms with Gasteiger partial charge in [0.1, 0.15) is 0 Å². The number of hydrogen-bond donors (Lipinski definition) is 1. The first-order chi connectivity index (χ1) is 8.48. The lowest BCUT2D eigenvalue weighted by Crippen LogP contribution is -2.34. The quantitative estimate of drug-likeness (QED) is 0.808. The number of carbonyl (C=O) groups is 1. The van der Waals surface area contributed by atoms with E-state index < -0.39 is 11.4 Å². The van der Waals surface area contributed by atoms with Crippen molar-refractivity contribution in [3.8, 4) is 0 Å². The van der Waals surface area contributed by atoms with Crippen LogP contribution in [-0.4, -0.2) is 11.1 Å². The van der Waals surface area contributed by atoms with Gasteiger partial charge in [0, 0.05) is 5.41 Å². The first-order valence-electron chi connectivity index (χ1n) is 6.47. The molecule has 2 bridgehead atoms. The standard InChI is InChI=1S/C16H18O2/c1-11-5-3-4-6-13(11)16-8-7-12(9-16)15(2,10-16)14(17)18/h3-8,12H,9-10H2,1-2H3,(H,17,18). The fourth-order valence-electron chi connectivity index (χ4n) is 3.84. The molecule has 0 amide bonds. The van der Waals surface area contributed by atoms with Crippen molar-refractivity contribution in [2.24, 2.45) is 11.3 Å². The van der Waals surface area contributed by atoms with Crippen molar-refractivity contribution in [3.05, 3.63) is 47.5 Å². The van der Waals surface area contributed by atoms with Gasteiger partial charge in [-0.05, 0) is 43.7 Å². The molecule has 2 aliphatic carbocycles. The van der Waals surface area contributed by atoms with E-state index in [1.165, 1.54) is 11.1 Å². The van der Waals surface area contributed by atoms with E-state index >= 15 is 0 Å². The zero-order chi connectivity index (χ0) is 13.0. The molecule has 2 heteroatoms. The van der Waals surface area contributed by atoms with Gasteiger partial charge in [0.15, 0.2) is 0 Å². The molecule has 0 radical (unpaired) electrons. The molecule has 0 saturated heterocycles. The second-order valence-electron chi connectivity index (χ2n) is 6.04. The summed E-state index contributed by atoms with van der Waals surface area (Å²) in [5.41, 5.74) is 1.91. The summed E-state index contributed by atoms with van der Waals surface area (Å²) in [7, 11) is 0. The Kier molecular flexibility index (Phi) is 2.22. The topological polar surface area (TPSA) is 37.3 Å². The molecule has 1 saturated carbocycles. The lowest BCUT2D eigenvalue weighted by atomic mass is 9.71. The molecule has 1 fully saturated rings. The van der Waals surface area contributed by atoms with Crippen LogP contribution in [0.2, 0.25) is 0 Å². The Hall–Kier alpha value is -1.57. The molecular formula is C16H18O2. The fourth-order valence-corrected chi connectivity index (χ4v) is 3.84. The molecule has 1 N–H and O–H groups in total. The van der Waals surface area contributed by atoms with Crippen molar-refractivity contribution in [3.63, 3.8) is 0 Å². The van der Waals surface area contributed by atoms with Crippen LogP contribution < -0.4 is 0 Å². The zero-order valence-electron chi connectivity index (χ0n) is 10.8. The molecular weight excluding hydrogens is 224 g/mol. The van der Waals surface area contributed by atoms with Crippen LogP contribution in [0.15, 0.2) is 36.4 Å². The van der Waals surface area contributed by atoms with Gasteiger partial charge in [0.2, 0.25) is 0 Å². The maximum Gasteiger partial charge on any atom is 0.309 e. The molecule has 0 aliphatic heterocycles. The number of carboxylic acid groups (broad SMARTS) is 1. The Labute approximate surface area is 107 Å². The van der Waals surface area contributed by atoms with Crippen LogP contribution in [0.1, 0.15) is 30.9 Å². The monoisotopic (exact) mass is 242 g/mol. The molecule has 94 valence electrons. The van der Waals surface area contributed by atoms with E-state index in [0.29, 0.717) is 0 Å². The van der Waals surface area contributed by atoms with Crippen molar-refractivity contribution in [1.82, 2.24) is 0 Å². The van der Waals surface area contributed by atoms with Gasteiger partial charge in [-0.1, -0.05) is 36.4 Å². The van der Waals surface area contributed by atoms with E-state index in [4.69, 9.17) is 0 Å². The second kappa shape index (κ2) is 3.47. The number of hydrogen-bond acceptors (Lipinski definition) is 1. The van der Waals surface area contributed by atoms with E-state index in [-0.39, 0.29) is 11.3 Å². The van der Waals surface area contributed by atoms with E-state index in [0.717, 1.165) is 12.8 Å². The lowest BCUT2D eigenvalue weighted by molar-refractivity contribution is -0.149. The summed E-state index contributed by atoms with van der Waals surface area (Å²) in [5.74, 6) is -0.484. The first-order valence-corrected chi connectivity index (χ1v) is 6.47. The molecule has 0 aromatic heterocycles. The zero-order valence-corrected chi connectivity index (χ0v) is 10.8. The maximum atomic E-state index is 11.5. The highest BCUT2D eigenvalue weighted by Gasteiger charge is 2.58. The third-order valence-corrected chi connectivity index (χ3v) is 4.90. The minimum absolute atomic E-state index is 0.0524. The van der Waals surface area contributed by atoms with Gasteiger partial charge >= 0.3 is 5.97 Å². The van der Waals surface area contributed by atoms with Gasteiger partial charge in [-0.15, -0.1) is 0 Å². The summed E-state index contributed by atoms with van der Waals surface area (Å²) in [6.07, 6.45) is 6.02. The summed E-state index contributed by atoms with van der Waals surface area (Å²) >= 11 is 0. The molecule has 3 atom stereocenters. The number of aliphatic carboxylic acids is 1. The van der Waals surface area contributed by atoms with Gasteiger partial charge in [-0.25, -0.2) is 0 Å². The number of carboxylic acids is 1. The van der Waals surface area contributed by atoms with Crippen LogP contribution in [0.5, 0.6) is 0 Å². The Bertz CT molecular complexity index is 546. The SMILES string of the molecule is Cc1ccccc1C12C=CC(C1)C(C)(C(=O)O)C2. The van der Waals surface area contributed by atoms with Crippen LogP contribution in [0, 0.1) is 18.3 Å². The molecule has 1 aromatic rings. The Balaban J connectivity index is 2.08. The highest BCUT2D eigenvalue weighted by Crippen LogP contribution is 2.60. The van der Waals surface area contributed by atoms with Gasteiger partial charge in [-0.2, -0.15) is 0 Å². The Morgan fingerprint density at radius 2 is 2.11 bits per heavy atom. The van der Waals surface area contributed by atoms with Crippen LogP contribution in [0.4, 0.5) is 0 Å². The number of fused-ring (bicyclic) bond motifs is 2. The average Bonchev–Trinajstić information content (AvgIpc) is 2.86. The molecule has 0 heterocycles. The van der Waals surface area contributed by atoms with Crippen molar-refractivity contribution < 1.29 is 9.90 Å². The number of aryl methyl sites for hydroxylation is 1. The van der Waals surface area contributed by atoms with Gasteiger partial charge in [0.25, 0.3) is 0 Å². The fraction of sp³-hybridized carbons (Fsp3) is 0.438. The normalized spacial score (nSPS) is 37.1. The number of allylic oxidation sites excluding steroid dienone is 2. The Morgan fingerprint density at radius 1 is 1.39 bits per heavy atom. The van der Waals surface area contributed by atoms with Crippen LogP contribution in [-0.2, 0) is 10.2 Å². The van der Waals surface area contributed by atoms with Crippen molar-refractivity contribution in [1.29, 1.82) is 0 Å². The summed E-state index contributed by atoms with van der Waals surface area (Å²) in [4.78, 5) is 11.5. The van der Waals surface area contributed by atoms with Crippen molar-refractivity contribution >= 4 is 5.97 Å². The molecule has 0 spiro atoms. The Morgan fingerprint density at radius 3 is 2.72 bits per heavy atom. The lowest BCUT2D eigenvalue weighted by Gasteiger charge is -2.32. The van der Waals surface area contributed by atoms with Crippen molar-refractivity contribution in [2.45, 2.75) is 32.1 Å². The second-order valence-corrected chi connectivity index (χ2v) is 6.04. The molecule has 3 unspecified atom stereocenters. The molecule has 2 nitrogen and oxygen atoms in total. The highest BCUT2D eigenvalue weighted by atomic mass is 16.4. The smallest absolute Gasteiger partial charge is 0.309 e. The molecule has 3 rings (SSSR count). The number of benzene rings is 1. The van der Waals surface area contributed by atoms with Crippen molar-refractivity contribution in [2.75, 3.05) is 0 Å². The van der Waals surface area contributed by atoms with E-state index in [9.17, 15) is 9.90 Å².